The fourth-order valence-electron chi connectivity index (χ4n) is 1.57. The van der Waals surface area contributed by atoms with Crippen molar-refractivity contribution in [1.29, 1.82) is 0 Å². The minimum absolute atomic E-state index is 0. The van der Waals surface area contributed by atoms with Crippen LogP contribution in [0.25, 0.3) is 0 Å². The largest absolute Gasteiger partial charge is 0.495 e. The molecule has 4 N–H and O–H groups in total. The van der Waals surface area contributed by atoms with Crippen LogP contribution in [0.2, 0.25) is 0 Å². The molecule has 0 bridgehead atoms. The molecule has 0 fully saturated rings. The van der Waals surface area contributed by atoms with E-state index in [0.29, 0.717) is 0 Å². The van der Waals surface area contributed by atoms with Gasteiger partial charge in [0.1, 0.15) is 10.6 Å². The van der Waals surface area contributed by atoms with E-state index in [1.807, 2.05) is 0 Å². The molecule has 0 saturated heterocycles. The number of ether oxygens (including phenoxy) is 1. The second-order valence-electron chi connectivity index (χ2n) is 5.12. The lowest BCUT2D eigenvalue weighted by atomic mass is 10.1. The van der Waals surface area contributed by atoms with E-state index in [2.05, 4.69) is 10.0 Å². The number of hydrogen-bond donors (Lipinski definition) is 3. The summed E-state index contributed by atoms with van der Waals surface area (Å²) >= 11 is 0. The smallest absolute Gasteiger partial charge is 0.251 e. The highest BCUT2D eigenvalue weighted by molar-refractivity contribution is 7.89. The first kappa shape index (κ1) is 20.6. The van der Waals surface area contributed by atoms with Gasteiger partial charge in [-0.1, -0.05) is 0 Å². The molecule has 0 aliphatic carbocycles. The molecule has 126 valence electrons. The molecule has 1 rings (SSSR count). The van der Waals surface area contributed by atoms with Gasteiger partial charge in [-0.05, 0) is 39.1 Å². The number of nitrogens with two attached hydrogens (primary N) is 1. The van der Waals surface area contributed by atoms with Gasteiger partial charge >= 0.3 is 0 Å². The van der Waals surface area contributed by atoms with Gasteiger partial charge in [0.05, 0.1) is 7.11 Å². The number of nitrogens with one attached hydrogen (secondary N) is 2. The second kappa shape index (κ2) is 7.77. The molecule has 0 aromatic heterocycles. The van der Waals surface area contributed by atoms with Crippen molar-refractivity contribution in [3.63, 3.8) is 0 Å². The first-order chi connectivity index (χ1) is 9.66. The fourth-order valence-corrected chi connectivity index (χ4v) is 2.49. The summed E-state index contributed by atoms with van der Waals surface area (Å²) in [6.07, 6.45) is 0. The van der Waals surface area contributed by atoms with E-state index in [-0.39, 0.29) is 35.2 Å². The summed E-state index contributed by atoms with van der Waals surface area (Å²) in [5.41, 5.74) is 5.19. The molecule has 1 aromatic carbocycles. The van der Waals surface area contributed by atoms with Crippen LogP contribution in [0.15, 0.2) is 23.1 Å². The Morgan fingerprint density at radius 1 is 1.36 bits per heavy atom. The van der Waals surface area contributed by atoms with Crippen molar-refractivity contribution < 1.29 is 17.9 Å². The first-order valence-electron chi connectivity index (χ1n) is 6.31. The summed E-state index contributed by atoms with van der Waals surface area (Å²) in [5, 5.41) is 2.74. The average molecular weight is 352 g/mol. The van der Waals surface area contributed by atoms with Crippen LogP contribution in [-0.2, 0) is 10.0 Å². The predicted octanol–water partition coefficient (Wildman–Crippen LogP) is 0.492. The maximum absolute atomic E-state index is 12.2. The lowest BCUT2D eigenvalue weighted by Gasteiger charge is -2.24. The molecule has 0 unspecified atom stereocenters. The highest BCUT2D eigenvalue weighted by Crippen LogP contribution is 2.24. The number of sulfonamides is 1. The lowest BCUT2D eigenvalue weighted by Crippen LogP contribution is -2.48. The maximum atomic E-state index is 12.2. The van der Waals surface area contributed by atoms with Crippen LogP contribution in [0.5, 0.6) is 5.75 Å². The van der Waals surface area contributed by atoms with Crippen LogP contribution in [0.3, 0.4) is 0 Å². The molecule has 1 aromatic rings. The van der Waals surface area contributed by atoms with E-state index in [1.165, 1.54) is 32.4 Å². The Morgan fingerprint density at radius 3 is 2.41 bits per heavy atom. The Labute approximate surface area is 137 Å². The minimum atomic E-state index is -3.73. The van der Waals surface area contributed by atoms with Crippen LogP contribution in [0.4, 0.5) is 0 Å². The van der Waals surface area contributed by atoms with Crippen molar-refractivity contribution in [2.45, 2.75) is 24.3 Å². The molecule has 7 nitrogen and oxygen atoms in total. The SMILES string of the molecule is CNS(=O)(=O)c1cc(C(=O)NC(C)(C)CN)ccc1OC.Cl. The van der Waals surface area contributed by atoms with Crippen LogP contribution in [-0.4, -0.2) is 40.6 Å². The molecule has 0 atom stereocenters. The van der Waals surface area contributed by atoms with Gasteiger partial charge < -0.3 is 15.8 Å². The van der Waals surface area contributed by atoms with Crippen LogP contribution in [0.1, 0.15) is 24.2 Å². The van der Waals surface area contributed by atoms with E-state index >= 15 is 0 Å². The summed E-state index contributed by atoms with van der Waals surface area (Å²) < 4.78 is 31.1. The number of halogens is 1. The number of rotatable bonds is 6. The number of amides is 1. The van der Waals surface area contributed by atoms with Gasteiger partial charge in [0.15, 0.2) is 0 Å². The first-order valence-corrected chi connectivity index (χ1v) is 7.79. The predicted molar refractivity (Wildman–Crippen MR) is 87.1 cm³/mol. The van der Waals surface area contributed by atoms with E-state index in [4.69, 9.17) is 10.5 Å². The van der Waals surface area contributed by atoms with Crippen LogP contribution in [0, 0.1) is 0 Å². The zero-order valence-corrected chi connectivity index (χ0v) is 14.6. The van der Waals surface area contributed by atoms with Crippen molar-refractivity contribution in [2.24, 2.45) is 5.73 Å². The van der Waals surface area contributed by atoms with E-state index < -0.39 is 21.5 Å². The Balaban J connectivity index is 0.00000441. The summed E-state index contributed by atoms with van der Waals surface area (Å²) in [4.78, 5) is 12.1. The monoisotopic (exact) mass is 351 g/mol. The Morgan fingerprint density at radius 2 is 1.95 bits per heavy atom. The summed E-state index contributed by atoms with van der Waals surface area (Å²) in [7, 11) is -1.07. The van der Waals surface area contributed by atoms with Crippen LogP contribution >= 0.6 is 12.4 Å². The van der Waals surface area contributed by atoms with Crippen LogP contribution < -0.4 is 20.5 Å². The van der Waals surface area contributed by atoms with Gasteiger partial charge in [0.2, 0.25) is 10.0 Å². The minimum Gasteiger partial charge on any atom is -0.495 e. The molecular formula is C13H22ClN3O4S. The number of benzene rings is 1. The molecule has 0 aliphatic rings. The zero-order chi connectivity index (χ0) is 16.3. The quantitative estimate of drug-likeness (QED) is 0.691. The second-order valence-corrected chi connectivity index (χ2v) is 6.97. The number of hydrogen-bond acceptors (Lipinski definition) is 5. The normalized spacial score (nSPS) is 11.5. The third kappa shape index (κ3) is 4.84. The van der Waals surface area contributed by atoms with Crippen molar-refractivity contribution >= 4 is 28.3 Å². The molecule has 22 heavy (non-hydrogen) atoms. The van der Waals surface area contributed by atoms with E-state index in [0.717, 1.165) is 0 Å². The average Bonchev–Trinajstić information content (AvgIpc) is 2.46. The molecule has 0 saturated carbocycles. The third-order valence-corrected chi connectivity index (χ3v) is 4.38. The Kier molecular flexibility index (Phi) is 7.30. The summed E-state index contributed by atoms with van der Waals surface area (Å²) in [6, 6.07) is 4.20. The van der Waals surface area contributed by atoms with E-state index in [1.54, 1.807) is 13.8 Å². The third-order valence-electron chi connectivity index (χ3n) is 2.95. The number of carbonyl (C=O) groups is 1. The highest BCUT2D eigenvalue weighted by atomic mass is 35.5. The molecular weight excluding hydrogens is 330 g/mol. The molecule has 1 amide bonds. The van der Waals surface area contributed by atoms with Gasteiger partial charge in [0.25, 0.3) is 5.91 Å². The van der Waals surface area contributed by atoms with Crippen molar-refractivity contribution in [2.75, 3.05) is 20.7 Å². The number of methoxy groups -OCH3 is 1. The van der Waals surface area contributed by atoms with Gasteiger partial charge in [-0.3, -0.25) is 4.79 Å². The van der Waals surface area contributed by atoms with E-state index in [9.17, 15) is 13.2 Å². The zero-order valence-electron chi connectivity index (χ0n) is 13.0. The Bertz CT molecular complexity index is 632. The highest BCUT2D eigenvalue weighted by Gasteiger charge is 2.23. The number of carbonyl (C=O) groups excluding carboxylic acids is 1. The van der Waals surface area contributed by atoms with Gasteiger partial charge in [0, 0.05) is 17.6 Å². The fraction of sp³-hybridized carbons (Fsp3) is 0.462. The maximum Gasteiger partial charge on any atom is 0.251 e. The molecule has 0 radical (unpaired) electrons. The van der Waals surface area contributed by atoms with Crippen molar-refractivity contribution in [1.82, 2.24) is 10.0 Å². The summed E-state index contributed by atoms with van der Waals surface area (Å²) in [5.74, 6) is -0.236. The van der Waals surface area contributed by atoms with Gasteiger partial charge in [-0.2, -0.15) is 0 Å². The molecule has 0 aliphatic heterocycles. The van der Waals surface area contributed by atoms with Gasteiger partial charge in [-0.15, -0.1) is 12.4 Å². The molecule has 0 heterocycles. The molecule has 0 spiro atoms. The lowest BCUT2D eigenvalue weighted by molar-refractivity contribution is 0.0915. The molecule has 9 heteroatoms. The van der Waals surface area contributed by atoms with Crippen molar-refractivity contribution in [3.05, 3.63) is 23.8 Å². The summed E-state index contributed by atoms with van der Waals surface area (Å²) in [6.45, 7) is 3.82. The topological polar surface area (TPSA) is 111 Å². The Hall–Kier alpha value is -1.35. The van der Waals surface area contributed by atoms with Crippen molar-refractivity contribution in [3.8, 4) is 5.75 Å². The standard InChI is InChI=1S/C13H21N3O4S.ClH/c1-13(2,8-14)16-12(17)9-5-6-10(20-4)11(7-9)21(18,19)15-3;/h5-7,15H,8,14H2,1-4H3,(H,16,17);1H. The van der Waals surface area contributed by atoms with Gasteiger partial charge in [-0.25, -0.2) is 13.1 Å².